The molecule has 0 aromatic heterocycles. The van der Waals surface area contributed by atoms with Crippen molar-refractivity contribution in [2.75, 3.05) is 12.4 Å². The number of rotatable bonds is 4. The van der Waals surface area contributed by atoms with E-state index < -0.39 is 0 Å². The number of hydrogen-bond donors (Lipinski definition) is 2. The standard InChI is InChI=1S/C5H11NO2S/c6-5(8)9-4-2-1-3-7/h7H,1-4H2,(H2,6,8). The summed E-state index contributed by atoms with van der Waals surface area (Å²) in [6.07, 6.45) is 1.60. The first-order chi connectivity index (χ1) is 4.27. The van der Waals surface area contributed by atoms with Crippen LogP contribution in [0.5, 0.6) is 0 Å². The number of aliphatic hydroxyl groups excluding tert-OH is 1. The molecule has 0 aliphatic rings. The molecule has 0 radical (unpaired) electrons. The molecule has 3 N–H and O–H groups in total. The van der Waals surface area contributed by atoms with E-state index in [1.54, 1.807) is 0 Å². The van der Waals surface area contributed by atoms with Gasteiger partial charge < -0.3 is 10.8 Å². The molecule has 1 amide bonds. The van der Waals surface area contributed by atoms with Gasteiger partial charge >= 0.3 is 0 Å². The van der Waals surface area contributed by atoms with Crippen LogP contribution >= 0.6 is 11.8 Å². The Morgan fingerprint density at radius 2 is 2.22 bits per heavy atom. The molecule has 3 nitrogen and oxygen atoms in total. The minimum absolute atomic E-state index is 0.194. The van der Waals surface area contributed by atoms with Crippen LogP contribution in [0.3, 0.4) is 0 Å². The average molecular weight is 149 g/mol. The minimum Gasteiger partial charge on any atom is -0.396 e. The van der Waals surface area contributed by atoms with Gasteiger partial charge in [-0.25, -0.2) is 0 Å². The molecule has 0 rings (SSSR count). The molecule has 0 atom stereocenters. The molecule has 54 valence electrons. The van der Waals surface area contributed by atoms with E-state index in [2.05, 4.69) is 0 Å². The number of carbonyl (C=O) groups excluding carboxylic acids is 1. The van der Waals surface area contributed by atoms with Crippen molar-refractivity contribution in [2.24, 2.45) is 5.73 Å². The summed E-state index contributed by atoms with van der Waals surface area (Å²) in [5.41, 5.74) is 4.84. The molecule has 0 heterocycles. The molecule has 0 fully saturated rings. The summed E-state index contributed by atoms with van der Waals surface area (Å²) in [5, 5.41) is 7.97. The maximum atomic E-state index is 10.1. The lowest BCUT2D eigenvalue weighted by atomic mass is 10.4. The van der Waals surface area contributed by atoms with Gasteiger partial charge in [0.05, 0.1) is 0 Å². The first-order valence-electron chi connectivity index (χ1n) is 2.80. The first kappa shape index (κ1) is 8.78. The maximum absolute atomic E-state index is 10.1. The van der Waals surface area contributed by atoms with E-state index in [0.29, 0.717) is 0 Å². The van der Waals surface area contributed by atoms with Crippen molar-refractivity contribution < 1.29 is 9.90 Å². The quantitative estimate of drug-likeness (QED) is 0.574. The summed E-state index contributed by atoms with van der Waals surface area (Å²) in [5.74, 6) is 0.718. The molecule has 0 spiro atoms. The van der Waals surface area contributed by atoms with E-state index in [0.717, 1.165) is 30.4 Å². The van der Waals surface area contributed by atoms with E-state index in [1.165, 1.54) is 0 Å². The predicted octanol–water partition coefficient (Wildman–Crippen LogP) is 0.571. The molecular weight excluding hydrogens is 138 g/mol. The second-order valence-electron chi connectivity index (χ2n) is 1.60. The second-order valence-corrected chi connectivity index (χ2v) is 2.70. The van der Waals surface area contributed by atoms with Crippen LogP contribution in [0.4, 0.5) is 4.79 Å². The van der Waals surface area contributed by atoms with Crippen LogP contribution in [0, 0.1) is 0 Å². The molecule has 0 saturated carbocycles. The summed E-state index contributed by atoms with van der Waals surface area (Å²) in [6, 6.07) is 0. The largest absolute Gasteiger partial charge is 0.396 e. The lowest BCUT2D eigenvalue weighted by Crippen LogP contribution is -2.03. The fourth-order valence-corrected chi connectivity index (χ4v) is 0.936. The molecule has 0 aromatic carbocycles. The van der Waals surface area contributed by atoms with Gasteiger partial charge in [-0.3, -0.25) is 4.79 Å². The van der Waals surface area contributed by atoms with Crippen molar-refractivity contribution in [3.8, 4) is 0 Å². The smallest absolute Gasteiger partial charge is 0.276 e. The van der Waals surface area contributed by atoms with E-state index in [4.69, 9.17) is 10.8 Å². The van der Waals surface area contributed by atoms with Gasteiger partial charge in [0.2, 0.25) is 0 Å². The van der Waals surface area contributed by atoms with Gasteiger partial charge in [-0.15, -0.1) is 0 Å². The summed E-state index contributed by atoms with van der Waals surface area (Å²) in [7, 11) is 0. The zero-order valence-corrected chi connectivity index (χ0v) is 5.99. The summed E-state index contributed by atoms with van der Waals surface area (Å²) in [4.78, 5) is 10.1. The molecule has 0 aromatic rings. The highest BCUT2D eigenvalue weighted by Gasteiger charge is 1.92. The molecule has 0 unspecified atom stereocenters. The highest BCUT2D eigenvalue weighted by Crippen LogP contribution is 2.02. The summed E-state index contributed by atoms with van der Waals surface area (Å²) in [6.45, 7) is 0.194. The summed E-state index contributed by atoms with van der Waals surface area (Å²) < 4.78 is 0. The third kappa shape index (κ3) is 7.78. The van der Waals surface area contributed by atoms with Crippen LogP contribution in [-0.2, 0) is 0 Å². The Hall–Kier alpha value is -0.220. The van der Waals surface area contributed by atoms with Crippen molar-refractivity contribution in [3.63, 3.8) is 0 Å². The number of primary amides is 1. The minimum atomic E-state index is -0.340. The van der Waals surface area contributed by atoms with Crippen molar-refractivity contribution >= 4 is 17.0 Å². The van der Waals surface area contributed by atoms with Crippen LogP contribution in [0.25, 0.3) is 0 Å². The number of unbranched alkanes of at least 4 members (excludes halogenated alkanes) is 1. The van der Waals surface area contributed by atoms with E-state index in [9.17, 15) is 4.79 Å². The fourth-order valence-electron chi connectivity index (χ4n) is 0.387. The molecule has 4 heteroatoms. The van der Waals surface area contributed by atoms with Crippen LogP contribution in [0.15, 0.2) is 0 Å². The Morgan fingerprint density at radius 1 is 1.56 bits per heavy atom. The Labute approximate surface area is 58.6 Å². The van der Waals surface area contributed by atoms with Gasteiger partial charge in [-0.2, -0.15) is 0 Å². The predicted molar refractivity (Wildman–Crippen MR) is 38.4 cm³/mol. The molecule has 9 heavy (non-hydrogen) atoms. The van der Waals surface area contributed by atoms with Gasteiger partial charge in [0, 0.05) is 12.4 Å². The molecule has 0 aliphatic carbocycles. The van der Waals surface area contributed by atoms with Crippen LogP contribution in [0.1, 0.15) is 12.8 Å². The third-order valence-electron chi connectivity index (χ3n) is 0.797. The number of hydrogen-bond acceptors (Lipinski definition) is 3. The summed E-state index contributed by atoms with van der Waals surface area (Å²) >= 11 is 1.10. The second kappa shape index (κ2) is 5.91. The van der Waals surface area contributed by atoms with Gasteiger partial charge in [-0.05, 0) is 12.8 Å². The van der Waals surface area contributed by atoms with E-state index in [-0.39, 0.29) is 11.8 Å². The number of aliphatic hydroxyl groups is 1. The first-order valence-corrected chi connectivity index (χ1v) is 3.79. The lowest BCUT2D eigenvalue weighted by molar-refractivity contribution is 0.267. The van der Waals surface area contributed by atoms with E-state index >= 15 is 0 Å². The zero-order valence-electron chi connectivity index (χ0n) is 5.17. The Balaban J connectivity index is 2.83. The highest BCUT2D eigenvalue weighted by molar-refractivity contribution is 8.13. The number of amides is 1. The molecule has 0 aliphatic heterocycles. The van der Waals surface area contributed by atoms with E-state index in [1.807, 2.05) is 0 Å². The fraction of sp³-hybridized carbons (Fsp3) is 0.800. The third-order valence-corrected chi connectivity index (χ3v) is 1.57. The average Bonchev–Trinajstić information content (AvgIpc) is 1.80. The van der Waals surface area contributed by atoms with Crippen LogP contribution < -0.4 is 5.73 Å². The van der Waals surface area contributed by atoms with Crippen molar-refractivity contribution in [2.45, 2.75) is 12.8 Å². The van der Waals surface area contributed by atoms with Crippen LogP contribution in [0.2, 0.25) is 0 Å². The highest BCUT2D eigenvalue weighted by atomic mass is 32.2. The zero-order chi connectivity index (χ0) is 7.11. The number of carbonyl (C=O) groups is 1. The Morgan fingerprint density at radius 3 is 2.67 bits per heavy atom. The number of thioether (sulfide) groups is 1. The topological polar surface area (TPSA) is 63.3 Å². The van der Waals surface area contributed by atoms with Gasteiger partial charge in [0.1, 0.15) is 0 Å². The van der Waals surface area contributed by atoms with Crippen molar-refractivity contribution in [3.05, 3.63) is 0 Å². The lowest BCUT2D eigenvalue weighted by Gasteiger charge is -1.93. The number of nitrogens with two attached hydrogens (primary N) is 1. The van der Waals surface area contributed by atoms with Crippen molar-refractivity contribution in [1.29, 1.82) is 0 Å². The maximum Gasteiger partial charge on any atom is 0.276 e. The normalized spacial score (nSPS) is 9.44. The van der Waals surface area contributed by atoms with Crippen LogP contribution in [-0.4, -0.2) is 22.7 Å². The molecule has 0 saturated heterocycles. The Bertz CT molecular complexity index is 87.0. The van der Waals surface area contributed by atoms with Gasteiger partial charge in [-0.1, -0.05) is 11.8 Å². The molecule has 0 bridgehead atoms. The Kier molecular flexibility index (Phi) is 5.76. The van der Waals surface area contributed by atoms with Gasteiger partial charge in [0.25, 0.3) is 5.24 Å². The monoisotopic (exact) mass is 149 g/mol. The van der Waals surface area contributed by atoms with Crippen molar-refractivity contribution in [1.82, 2.24) is 0 Å². The molecular formula is C5H11NO2S. The van der Waals surface area contributed by atoms with Gasteiger partial charge in [0.15, 0.2) is 0 Å². The SMILES string of the molecule is NC(=O)SCCCCO.